The first-order valence-corrected chi connectivity index (χ1v) is 25.0. The zero-order valence-electron chi connectivity index (χ0n) is 40.2. The maximum atomic E-state index is 14.8. The van der Waals surface area contributed by atoms with E-state index >= 15 is 0 Å². The Labute approximate surface area is 403 Å². The van der Waals surface area contributed by atoms with Gasteiger partial charge >= 0.3 is 11.9 Å². The highest BCUT2D eigenvalue weighted by molar-refractivity contribution is 5.92. The molecule has 362 valence electrons. The molecule has 5 rings (SSSR count). The molecule has 0 aromatic heterocycles. The molecule has 0 bridgehead atoms. The van der Waals surface area contributed by atoms with Crippen LogP contribution >= 0.6 is 0 Å². The van der Waals surface area contributed by atoms with Crippen LogP contribution in [0.4, 0.5) is 20.2 Å². The minimum atomic E-state index is -0.672. The Morgan fingerprint density at radius 2 is 0.794 bits per heavy atom. The topological polar surface area (TPSA) is 95.8 Å². The molecule has 0 unspecified atom stereocenters. The lowest BCUT2D eigenvalue weighted by Gasteiger charge is -2.09. The van der Waals surface area contributed by atoms with Gasteiger partial charge in [0.25, 0.3) is 0 Å². The summed E-state index contributed by atoms with van der Waals surface area (Å²) in [4.78, 5) is 34.7. The SMILES string of the molecule is CCCCCCCCCCCCOc1ccc(C(=O)Oc2ccc(N=Cc3cccc(C=Nc4ccc(OC(=O)c5ccc(OCCCCCCCCCCCC)c(F)c5)cc4)c3)cc2)cc1F. The molecule has 0 spiro atoms. The lowest BCUT2D eigenvalue weighted by Crippen LogP contribution is -2.09. The van der Waals surface area contributed by atoms with E-state index in [0.717, 1.165) is 61.8 Å². The number of hydrogen-bond acceptors (Lipinski definition) is 8. The number of hydrogen-bond donors (Lipinski definition) is 0. The number of benzene rings is 5. The smallest absolute Gasteiger partial charge is 0.343 e. The first-order chi connectivity index (χ1) is 33.3. The summed E-state index contributed by atoms with van der Waals surface area (Å²) in [6.07, 6.45) is 27.7. The van der Waals surface area contributed by atoms with Crippen LogP contribution in [0.25, 0.3) is 0 Å². The van der Waals surface area contributed by atoms with Crippen LogP contribution in [-0.4, -0.2) is 37.6 Å². The standard InChI is InChI=1S/C58H70F2N2O6/c1-3-5-7-9-11-13-15-17-19-21-38-65-55-36-26-47(41-53(55)59)57(63)67-51-32-28-49(29-33-51)61-43-45-24-23-25-46(40-45)44-62-50-30-34-52(35-31-50)68-58(64)48-27-37-56(54(60)42-48)66-39-22-20-18-16-14-12-10-8-6-4-2/h23-37,40-44H,3-22,38-39H2,1-2H3. The summed E-state index contributed by atoms with van der Waals surface area (Å²) in [5.41, 5.74) is 3.16. The summed E-state index contributed by atoms with van der Waals surface area (Å²) in [5, 5.41) is 0. The summed E-state index contributed by atoms with van der Waals surface area (Å²) >= 11 is 0. The summed E-state index contributed by atoms with van der Waals surface area (Å²) in [5.74, 6) is -1.67. The van der Waals surface area contributed by atoms with Crippen LogP contribution in [0.2, 0.25) is 0 Å². The number of rotatable bonds is 32. The number of halogens is 2. The minimum absolute atomic E-state index is 0.0915. The second-order valence-corrected chi connectivity index (χ2v) is 17.3. The number of aliphatic imine (C=N–C) groups is 2. The zero-order valence-corrected chi connectivity index (χ0v) is 40.2. The van der Waals surface area contributed by atoms with Crippen molar-refractivity contribution >= 4 is 35.7 Å². The number of nitrogens with zero attached hydrogens (tertiary/aromatic N) is 2. The minimum Gasteiger partial charge on any atom is -0.491 e. The third-order valence-electron chi connectivity index (χ3n) is 11.6. The van der Waals surface area contributed by atoms with Crippen molar-refractivity contribution in [2.75, 3.05) is 13.2 Å². The molecule has 0 aliphatic carbocycles. The van der Waals surface area contributed by atoms with Crippen LogP contribution in [0, 0.1) is 11.6 Å². The van der Waals surface area contributed by atoms with Crippen molar-refractivity contribution in [2.45, 2.75) is 142 Å². The van der Waals surface area contributed by atoms with Gasteiger partial charge in [0.1, 0.15) is 11.5 Å². The normalized spacial score (nSPS) is 11.4. The van der Waals surface area contributed by atoms with E-state index in [4.69, 9.17) is 18.9 Å². The van der Waals surface area contributed by atoms with Crippen molar-refractivity contribution in [3.05, 3.63) is 143 Å². The average molecular weight is 929 g/mol. The molecule has 8 nitrogen and oxygen atoms in total. The van der Waals surface area contributed by atoms with Crippen molar-refractivity contribution in [1.82, 2.24) is 0 Å². The monoisotopic (exact) mass is 929 g/mol. The Kier molecular flexibility index (Phi) is 24.1. The van der Waals surface area contributed by atoms with Crippen LogP contribution < -0.4 is 18.9 Å². The van der Waals surface area contributed by atoms with E-state index < -0.39 is 23.6 Å². The van der Waals surface area contributed by atoms with E-state index in [-0.39, 0.29) is 22.6 Å². The summed E-state index contributed by atoms with van der Waals surface area (Å²) in [6.45, 7) is 5.33. The fourth-order valence-electron chi connectivity index (χ4n) is 7.58. The van der Waals surface area contributed by atoms with Gasteiger partial charge in [0.2, 0.25) is 0 Å². The number of unbranched alkanes of at least 4 members (excludes halogenated alkanes) is 18. The van der Waals surface area contributed by atoms with Gasteiger partial charge < -0.3 is 18.9 Å². The molecule has 0 radical (unpaired) electrons. The van der Waals surface area contributed by atoms with Crippen LogP contribution in [0.5, 0.6) is 23.0 Å². The van der Waals surface area contributed by atoms with Gasteiger partial charge in [-0.05, 0) is 115 Å². The number of carbonyl (C=O) groups is 2. The zero-order chi connectivity index (χ0) is 48.0. The molecule has 0 saturated heterocycles. The summed E-state index contributed by atoms with van der Waals surface area (Å²) in [7, 11) is 0. The predicted octanol–water partition coefficient (Wildman–Crippen LogP) is 16.5. The van der Waals surface area contributed by atoms with Gasteiger partial charge in [-0.25, -0.2) is 18.4 Å². The Balaban J connectivity index is 0.996. The predicted molar refractivity (Wildman–Crippen MR) is 271 cm³/mol. The van der Waals surface area contributed by atoms with Crippen LogP contribution in [0.1, 0.15) is 174 Å². The van der Waals surface area contributed by atoms with E-state index in [1.807, 2.05) is 24.3 Å². The molecule has 5 aromatic carbocycles. The highest BCUT2D eigenvalue weighted by Crippen LogP contribution is 2.25. The van der Waals surface area contributed by atoms with Gasteiger partial charge in [-0.2, -0.15) is 0 Å². The van der Waals surface area contributed by atoms with Crippen LogP contribution in [0.3, 0.4) is 0 Å². The second kappa shape index (κ2) is 31.0. The van der Waals surface area contributed by atoms with Gasteiger partial charge in [-0.3, -0.25) is 9.98 Å². The molecule has 0 saturated carbocycles. The Bertz CT molecular complexity index is 2150. The van der Waals surface area contributed by atoms with Gasteiger partial charge in [-0.1, -0.05) is 148 Å². The Morgan fingerprint density at radius 1 is 0.441 bits per heavy atom. The van der Waals surface area contributed by atoms with Crippen molar-refractivity contribution in [1.29, 1.82) is 0 Å². The summed E-state index contributed by atoms with van der Waals surface area (Å²) in [6, 6.07) is 29.3. The van der Waals surface area contributed by atoms with Crippen molar-refractivity contribution in [3.63, 3.8) is 0 Å². The van der Waals surface area contributed by atoms with Crippen LogP contribution in [-0.2, 0) is 0 Å². The third-order valence-corrected chi connectivity index (χ3v) is 11.6. The van der Waals surface area contributed by atoms with Crippen LogP contribution in [0.15, 0.2) is 119 Å². The molecule has 0 fully saturated rings. The van der Waals surface area contributed by atoms with E-state index in [1.165, 1.54) is 114 Å². The molecule has 0 atom stereocenters. The largest absolute Gasteiger partial charge is 0.491 e. The maximum absolute atomic E-state index is 14.8. The summed E-state index contributed by atoms with van der Waals surface area (Å²) < 4.78 is 51.8. The first-order valence-electron chi connectivity index (χ1n) is 25.0. The van der Waals surface area contributed by atoms with Crippen molar-refractivity contribution in [2.24, 2.45) is 9.98 Å². The van der Waals surface area contributed by atoms with Gasteiger partial charge in [0.15, 0.2) is 23.1 Å². The van der Waals surface area contributed by atoms with E-state index in [0.29, 0.717) is 36.1 Å². The number of ether oxygens (including phenoxy) is 4. The van der Waals surface area contributed by atoms with Gasteiger partial charge in [0, 0.05) is 12.4 Å². The second-order valence-electron chi connectivity index (χ2n) is 17.3. The number of carbonyl (C=O) groups excluding carboxylic acids is 2. The maximum Gasteiger partial charge on any atom is 0.343 e. The molecule has 5 aromatic rings. The molecule has 10 heteroatoms. The molecular formula is C58H70F2N2O6. The average Bonchev–Trinajstić information content (AvgIpc) is 3.35. The van der Waals surface area contributed by atoms with Gasteiger partial charge in [0.05, 0.1) is 35.7 Å². The number of esters is 2. The highest BCUT2D eigenvalue weighted by atomic mass is 19.1. The molecule has 0 aliphatic heterocycles. The van der Waals surface area contributed by atoms with E-state index in [1.54, 1.807) is 61.0 Å². The van der Waals surface area contributed by atoms with Crippen molar-refractivity contribution in [3.8, 4) is 23.0 Å². The lowest BCUT2D eigenvalue weighted by molar-refractivity contribution is 0.0724. The molecule has 0 aliphatic rings. The molecule has 68 heavy (non-hydrogen) atoms. The quantitative estimate of drug-likeness (QED) is 0.0184. The Hall–Kier alpha value is -6.16. The fraction of sp³-hybridized carbons (Fsp3) is 0.414. The Morgan fingerprint density at radius 3 is 1.15 bits per heavy atom. The highest BCUT2D eigenvalue weighted by Gasteiger charge is 2.15. The van der Waals surface area contributed by atoms with Crippen molar-refractivity contribution < 1.29 is 37.3 Å². The fourth-order valence-corrected chi connectivity index (χ4v) is 7.58. The first kappa shape index (κ1) is 52.8. The molecule has 0 N–H and O–H groups in total. The lowest BCUT2D eigenvalue weighted by atomic mass is 10.1. The third kappa shape index (κ3) is 20.0. The molecule has 0 heterocycles. The van der Waals surface area contributed by atoms with E-state index in [9.17, 15) is 18.4 Å². The molecular weight excluding hydrogens is 859 g/mol. The molecule has 0 amide bonds. The van der Waals surface area contributed by atoms with Gasteiger partial charge in [-0.15, -0.1) is 0 Å². The van der Waals surface area contributed by atoms with E-state index in [2.05, 4.69) is 23.8 Å².